The Morgan fingerprint density at radius 2 is 0.794 bits per heavy atom. The van der Waals surface area contributed by atoms with Crippen molar-refractivity contribution >= 4 is 16.5 Å². The van der Waals surface area contributed by atoms with E-state index in [1.807, 2.05) is 91.0 Å². The number of fused-ring (bicyclic) bond motifs is 3. The molecule has 0 bridgehead atoms. The molecule has 0 saturated heterocycles. The fourth-order valence-electron chi connectivity index (χ4n) is 9.57. The van der Waals surface area contributed by atoms with Gasteiger partial charge in [-0.15, -0.1) is 0 Å². The number of aromatic nitrogens is 3. The normalized spacial score (nSPS) is 11.2. The van der Waals surface area contributed by atoms with Gasteiger partial charge in [0, 0.05) is 16.7 Å². The van der Waals surface area contributed by atoms with Gasteiger partial charge in [0.25, 0.3) is 0 Å². The summed E-state index contributed by atoms with van der Waals surface area (Å²) in [7, 11) is 0. The van der Waals surface area contributed by atoms with E-state index in [1.54, 1.807) is 0 Å². The van der Waals surface area contributed by atoms with Gasteiger partial charge in [-0.1, -0.05) is 194 Å². The Hall–Kier alpha value is -9.55. The van der Waals surface area contributed by atoms with Gasteiger partial charge in [-0.2, -0.15) is 5.26 Å². The second-order valence-electron chi connectivity index (χ2n) is 17.0. The highest BCUT2D eigenvalue weighted by molar-refractivity contribution is 6.16. The largest absolute Gasteiger partial charge is 0.238 e. The Labute approximate surface area is 394 Å². The predicted octanol–water partition coefficient (Wildman–Crippen LogP) is 16.4. The average molecular weight is 864 g/mol. The van der Waals surface area contributed by atoms with Crippen LogP contribution < -0.4 is 0 Å². The zero-order valence-electron chi connectivity index (χ0n) is 36.6. The number of benzene rings is 10. The van der Waals surface area contributed by atoms with Gasteiger partial charge in [0.05, 0.1) is 18.2 Å². The van der Waals surface area contributed by atoms with Gasteiger partial charge in [0.15, 0.2) is 23.2 Å². The molecule has 5 heteroatoms. The van der Waals surface area contributed by atoms with Gasteiger partial charge in [0.2, 0.25) is 0 Å². The van der Waals surface area contributed by atoms with Crippen LogP contribution in [-0.4, -0.2) is 15.0 Å². The summed E-state index contributed by atoms with van der Waals surface area (Å²) in [5.41, 5.74) is 19.6. The summed E-state index contributed by atoms with van der Waals surface area (Å²) in [4.78, 5) is 19.0. The third-order valence-electron chi connectivity index (χ3n) is 13.0. The minimum Gasteiger partial charge on any atom is -0.238 e. The Morgan fingerprint density at radius 3 is 1.43 bits per heavy atom. The van der Waals surface area contributed by atoms with Crippen LogP contribution in [0.5, 0.6) is 0 Å². The van der Waals surface area contributed by atoms with E-state index in [9.17, 15) is 5.26 Å². The molecule has 12 rings (SSSR count). The van der Waals surface area contributed by atoms with E-state index in [4.69, 9.17) is 21.5 Å². The van der Waals surface area contributed by atoms with Gasteiger partial charge in [-0.3, -0.25) is 0 Å². The van der Waals surface area contributed by atoms with E-state index in [1.165, 1.54) is 38.6 Å². The van der Waals surface area contributed by atoms with Crippen LogP contribution in [0.15, 0.2) is 224 Å². The molecule has 10 aromatic carbocycles. The van der Waals surface area contributed by atoms with Crippen LogP contribution in [0.4, 0.5) is 5.69 Å². The van der Waals surface area contributed by atoms with Crippen molar-refractivity contribution in [2.24, 2.45) is 0 Å². The molecule has 0 radical (unpaired) electrons. The molecule has 1 aliphatic carbocycles. The molecule has 314 valence electrons. The predicted molar refractivity (Wildman–Crippen MR) is 276 cm³/mol. The molecule has 11 aromatic rings. The number of hydrogen-bond acceptors (Lipinski definition) is 4. The second kappa shape index (κ2) is 16.8. The third kappa shape index (κ3) is 7.18. The average Bonchev–Trinajstić information content (AvgIpc) is 3.75. The molecule has 0 amide bonds. The van der Waals surface area contributed by atoms with Gasteiger partial charge in [-0.05, 0) is 119 Å². The molecule has 5 nitrogen and oxygen atoms in total. The fraction of sp³-hybridized carbons (Fsp3) is 0. The molecular formula is C63H37N5. The molecule has 1 heterocycles. The number of hydrogen-bond donors (Lipinski definition) is 0. The Bertz CT molecular complexity index is 3820. The number of nitriles is 1. The maximum absolute atomic E-state index is 9.27. The van der Waals surface area contributed by atoms with Gasteiger partial charge < -0.3 is 0 Å². The summed E-state index contributed by atoms with van der Waals surface area (Å²) >= 11 is 0. The van der Waals surface area contributed by atoms with Crippen LogP contribution in [0.25, 0.3) is 128 Å². The van der Waals surface area contributed by atoms with Crippen molar-refractivity contribution in [3.05, 3.63) is 241 Å². The van der Waals surface area contributed by atoms with E-state index in [2.05, 4.69) is 144 Å². The topological polar surface area (TPSA) is 66.8 Å². The van der Waals surface area contributed by atoms with Crippen LogP contribution >= 0.6 is 0 Å². The molecule has 0 fully saturated rings. The molecule has 1 aliphatic rings. The minimum absolute atomic E-state index is 0.574. The first-order valence-corrected chi connectivity index (χ1v) is 22.5. The maximum Gasteiger partial charge on any atom is 0.187 e. The Balaban J connectivity index is 0.877. The van der Waals surface area contributed by atoms with Crippen LogP contribution in [0.1, 0.15) is 5.56 Å². The van der Waals surface area contributed by atoms with Crippen LogP contribution in [0.3, 0.4) is 0 Å². The summed E-state index contributed by atoms with van der Waals surface area (Å²) in [6, 6.07) is 79.5. The Morgan fingerprint density at radius 1 is 0.324 bits per heavy atom. The quantitative estimate of drug-likeness (QED) is 0.143. The second-order valence-corrected chi connectivity index (χ2v) is 17.0. The first-order valence-electron chi connectivity index (χ1n) is 22.5. The van der Waals surface area contributed by atoms with E-state index >= 15 is 0 Å². The van der Waals surface area contributed by atoms with E-state index in [0.717, 1.165) is 66.8 Å². The standard InChI is InChI=1S/C63H37N5/c1-65-51-34-35-53(58(38-51)46-26-22-43(23-27-46)50-36-49-12-9-17-56-54-14-6-7-15-55(54)59(37-50)60(49)56)45-30-28-44(29-31-45)52-13-5-8-16-57(52)63-67-61(47-10-3-2-4-11-47)66-62(68-63)48-32-24-42(25-33-48)41-20-18-40(39-64)19-21-41/h2-38H. The molecule has 0 atom stereocenters. The summed E-state index contributed by atoms with van der Waals surface area (Å²) in [5, 5.41) is 11.8. The minimum atomic E-state index is 0.574. The molecule has 0 saturated carbocycles. The van der Waals surface area contributed by atoms with Crippen molar-refractivity contribution in [2.45, 2.75) is 0 Å². The lowest BCUT2D eigenvalue weighted by Crippen LogP contribution is -2.01. The molecular weight excluding hydrogens is 827 g/mol. The highest BCUT2D eigenvalue weighted by atomic mass is 15.0. The lowest BCUT2D eigenvalue weighted by atomic mass is 9.91. The highest BCUT2D eigenvalue weighted by Crippen LogP contribution is 2.49. The lowest BCUT2D eigenvalue weighted by molar-refractivity contribution is 1.07. The molecule has 0 spiro atoms. The highest BCUT2D eigenvalue weighted by Gasteiger charge is 2.22. The van der Waals surface area contributed by atoms with Crippen molar-refractivity contribution in [2.75, 3.05) is 0 Å². The molecule has 0 unspecified atom stereocenters. The van der Waals surface area contributed by atoms with Crippen molar-refractivity contribution in [3.63, 3.8) is 0 Å². The summed E-state index contributed by atoms with van der Waals surface area (Å²) in [5.74, 6) is 1.74. The fourth-order valence-corrected chi connectivity index (χ4v) is 9.57. The Kier molecular flexibility index (Phi) is 9.87. The van der Waals surface area contributed by atoms with Crippen LogP contribution in [0.2, 0.25) is 0 Å². The maximum atomic E-state index is 9.27. The van der Waals surface area contributed by atoms with Crippen molar-refractivity contribution in [1.82, 2.24) is 15.0 Å². The molecule has 0 N–H and O–H groups in total. The summed E-state index contributed by atoms with van der Waals surface area (Å²) < 4.78 is 0. The third-order valence-corrected chi connectivity index (χ3v) is 13.0. The van der Waals surface area contributed by atoms with E-state index in [0.29, 0.717) is 28.7 Å². The molecule has 0 aliphatic heterocycles. The molecule has 1 aromatic heterocycles. The number of nitrogens with zero attached hydrogens (tertiary/aromatic N) is 5. The van der Waals surface area contributed by atoms with E-state index < -0.39 is 0 Å². The van der Waals surface area contributed by atoms with Gasteiger partial charge >= 0.3 is 0 Å². The first kappa shape index (κ1) is 40.0. The van der Waals surface area contributed by atoms with Crippen LogP contribution in [0, 0.1) is 17.9 Å². The number of rotatable bonds is 8. The van der Waals surface area contributed by atoms with Gasteiger partial charge in [0.1, 0.15) is 0 Å². The lowest BCUT2D eigenvalue weighted by Gasteiger charge is -2.14. The van der Waals surface area contributed by atoms with Gasteiger partial charge in [-0.25, -0.2) is 19.8 Å². The summed E-state index contributed by atoms with van der Waals surface area (Å²) in [6.45, 7) is 7.88. The van der Waals surface area contributed by atoms with Crippen molar-refractivity contribution in [3.8, 4) is 118 Å². The monoisotopic (exact) mass is 863 g/mol. The van der Waals surface area contributed by atoms with Crippen LogP contribution in [-0.2, 0) is 0 Å². The van der Waals surface area contributed by atoms with E-state index in [-0.39, 0.29) is 0 Å². The smallest absolute Gasteiger partial charge is 0.187 e. The zero-order chi connectivity index (χ0) is 45.6. The first-order chi connectivity index (χ1) is 33.6. The van der Waals surface area contributed by atoms with Crippen molar-refractivity contribution in [1.29, 1.82) is 5.26 Å². The van der Waals surface area contributed by atoms with Crippen molar-refractivity contribution < 1.29 is 0 Å². The zero-order valence-corrected chi connectivity index (χ0v) is 36.6. The SMILES string of the molecule is [C-]#[N+]c1ccc(-c2ccc(-c3ccccc3-c3nc(-c4ccccc4)nc(-c4ccc(-c5ccc(C#N)cc5)cc4)n3)cc2)c(-c2ccc(-c3cc4c5c(cccc5c3)-c3ccccc3-4)cc2)c1. The summed E-state index contributed by atoms with van der Waals surface area (Å²) in [6.07, 6.45) is 0. The molecule has 68 heavy (non-hydrogen) atoms.